The van der Waals surface area contributed by atoms with E-state index in [-0.39, 0.29) is 19.1 Å². The van der Waals surface area contributed by atoms with Crippen molar-refractivity contribution in [3.63, 3.8) is 0 Å². The van der Waals surface area contributed by atoms with Gasteiger partial charge in [-0.3, -0.25) is 14.9 Å². The predicted octanol–water partition coefficient (Wildman–Crippen LogP) is 5.29. The van der Waals surface area contributed by atoms with Crippen LogP contribution in [0.15, 0.2) is 54.6 Å². The highest BCUT2D eigenvalue weighted by molar-refractivity contribution is 5.89. The van der Waals surface area contributed by atoms with Crippen LogP contribution in [0.25, 0.3) is 0 Å². The Balaban J connectivity index is 1.42. The average molecular weight is 637 g/mol. The average Bonchev–Trinajstić information content (AvgIpc) is 3.40. The Bertz CT molecular complexity index is 1300. The van der Waals surface area contributed by atoms with E-state index in [0.29, 0.717) is 25.9 Å². The molecule has 1 amide bonds. The standard InChI is InChI=1S/C36H48N2O8/c1-4-5-6-7-8-14-21-43-35(41)31-22-28-17-12-13-18-29(28)23-38(31)33(39)25(2)37-30(20-19-27-15-10-9-11-16-27)34(40)44-24-32-26(3)45-36(42)46-32/h9-13,15-18,25-26,30-32,37H,4-8,14,19-24H2,1-3H3/t25-,26?,30-,31-,32?/m0/s1. The highest BCUT2D eigenvalue weighted by Gasteiger charge is 2.39. The number of rotatable bonds is 17. The van der Waals surface area contributed by atoms with Crippen LogP contribution in [0.1, 0.15) is 82.4 Å². The van der Waals surface area contributed by atoms with E-state index in [4.69, 9.17) is 18.9 Å². The van der Waals surface area contributed by atoms with Crippen molar-refractivity contribution in [3.05, 3.63) is 71.3 Å². The van der Waals surface area contributed by atoms with Crippen LogP contribution in [-0.2, 0) is 52.7 Å². The number of amides is 1. The number of benzene rings is 2. The summed E-state index contributed by atoms with van der Waals surface area (Å²) >= 11 is 0. The van der Waals surface area contributed by atoms with E-state index in [1.807, 2.05) is 54.6 Å². The largest absolute Gasteiger partial charge is 0.509 e. The van der Waals surface area contributed by atoms with Gasteiger partial charge in [-0.1, -0.05) is 93.6 Å². The van der Waals surface area contributed by atoms with Gasteiger partial charge in [-0.05, 0) is 49.8 Å². The minimum absolute atomic E-state index is 0.160. The maximum absolute atomic E-state index is 14.0. The number of unbranched alkanes of at least 4 members (excludes halogenated alkanes) is 5. The van der Waals surface area contributed by atoms with Crippen LogP contribution in [0.4, 0.5) is 4.79 Å². The molecule has 2 aliphatic rings. The van der Waals surface area contributed by atoms with Crippen molar-refractivity contribution < 1.29 is 38.1 Å². The third-order valence-corrected chi connectivity index (χ3v) is 8.66. The van der Waals surface area contributed by atoms with Crippen LogP contribution >= 0.6 is 0 Å². The van der Waals surface area contributed by atoms with Gasteiger partial charge in [0.15, 0.2) is 6.10 Å². The van der Waals surface area contributed by atoms with Gasteiger partial charge in [0.2, 0.25) is 5.91 Å². The molecule has 5 atom stereocenters. The summed E-state index contributed by atoms with van der Waals surface area (Å²) in [6.45, 7) is 5.97. The molecule has 250 valence electrons. The zero-order chi connectivity index (χ0) is 32.9. The molecule has 0 aliphatic carbocycles. The summed E-state index contributed by atoms with van der Waals surface area (Å²) in [6, 6.07) is 15.1. The normalized spacial score (nSPS) is 20.2. The van der Waals surface area contributed by atoms with Crippen LogP contribution in [0, 0.1) is 0 Å². The number of hydrogen-bond acceptors (Lipinski definition) is 9. The van der Waals surface area contributed by atoms with Gasteiger partial charge in [0.25, 0.3) is 0 Å². The lowest BCUT2D eigenvalue weighted by Crippen LogP contribution is -2.56. The molecule has 0 saturated carbocycles. The number of hydrogen-bond donors (Lipinski definition) is 1. The van der Waals surface area contributed by atoms with Crippen molar-refractivity contribution >= 4 is 24.0 Å². The maximum atomic E-state index is 14.0. The van der Waals surface area contributed by atoms with Gasteiger partial charge in [0.1, 0.15) is 24.8 Å². The molecular weight excluding hydrogens is 588 g/mol. The van der Waals surface area contributed by atoms with Crippen molar-refractivity contribution in [1.82, 2.24) is 10.2 Å². The summed E-state index contributed by atoms with van der Waals surface area (Å²) in [4.78, 5) is 53.8. The molecule has 10 nitrogen and oxygen atoms in total. The lowest BCUT2D eigenvalue weighted by atomic mass is 9.93. The Labute approximate surface area is 272 Å². The molecule has 2 heterocycles. The van der Waals surface area contributed by atoms with E-state index >= 15 is 0 Å². The van der Waals surface area contributed by atoms with Crippen LogP contribution in [-0.4, -0.2) is 72.4 Å². The zero-order valence-electron chi connectivity index (χ0n) is 27.3. The molecule has 46 heavy (non-hydrogen) atoms. The van der Waals surface area contributed by atoms with Gasteiger partial charge < -0.3 is 23.8 Å². The molecule has 1 N–H and O–H groups in total. The highest BCUT2D eigenvalue weighted by Crippen LogP contribution is 2.25. The molecule has 1 fully saturated rings. The van der Waals surface area contributed by atoms with Gasteiger partial charge in [-0.15, -0.1) is 0 Å². The molecule has 0 bridgehead atoms. The number of esters is 2. The van der Waals surface area contributed by atoms with Crippen molar-refractivity contribution in [3.8, 4) is 0 Å². The number of aryl methyl sites for hydroxylation is 1. The zero-order valence-corrected chi connectivity index (χ0v) is 27.3. The second-order valence-corrected chi connectivity index (χ2v) is 12.2. The van der Waals surface area contributed by atoms with E-state index in [9.17, 15) is 19.2 Å². The second-order valence-electron chi connectivity index (χ2n) is 12.2. The lowest BCUT2D eigenvalue weighted by molar-refractivity contribution is -0.157. The Morgan fingerprint density at radius 2 is 1.63 bits per heavy atom. The number of nitrogens with zero attached hydrogens (tertiary/aromatic N) is 1. The van der Waals surface area contributed by atoms with Crippen molar-refractivity contribution in [2.45, 2.75) is 115 Å². The molecule has 0 aromatic heterocycles. The fourth-order valence-corrected chi connectivity index (χ4v) is 5.87. The second kappa shape index (κ2) is 17.7. The summed E-state index contributed by atoms with van der Waals surface area (Å²) in [5.41, 5.74) is 3.03. The number of fused-ring (bicyclic) bond motifs is 1. The molecule has 0 radical (unpaired) electrons. The fraction of sp³-hybridized carbons (Fsp3) is 0.556. The number of carbonyl (C=O) groups excluding carboxylic acids is 4. The first-order valence-corrected chi connectivity index (χ1v) is 16.6. The number of ether oxygens (including phenoxy) is 4. The first-order chi connectivity index (χ1) is 22.3. The molecule has 2 unspecified atom stereocenters. The van der Waals surface area contributed by atoms with Gasteiger partial charge >= 0.3 is 18.1 Å². The Morgan fingerprint density at radius 1 is 0.935 bits per heavy atom. The smallest absolute Gasteiger partial charge is 0.464 e. The summed E-state index contributed by atoms with van der Waals surface area (Å²) in [7, 11) is 0. The predicted molar refractivity (Wildman–Crippen MR) is 172 cm³/mol. The molecule has 2 aliphatic heterocycles. The first-order valence-electron chi connectivity index (χ1n) is 16.6. The summed E-state index contributed by atoms with van der Waals surface area (Å²) < 4.78 is 21.3. The molecule has 1 saturated heterocycles. The van der Waals surface area contributed by atoms with Gasteiger partial charge in [-0.25, -0.2) is 9.59 Å². The number of nitrogens with one attached hydrogen (secondary N) is 1. The van der Waals surface area contributed by atoms with Crippen LogP contribution < -0.4 is 5.32 Å². The maximum Gasteiger partial charge on any atom is 0.509 e. The van der Waals surface area contributed by atoms with Crippen molar-refractivity contribution in [1.29, 1.82) is 0 Å². The Morgan fingerprint density at radius 3 is 2.35 bits per heavy atom. The summed E-state index contributed by atoms with van der Waals surface area (Å²) in [6.07, 6.45) is 5.72. The SMILES string of the molecule is CCCCCCCCOC(=O)[C@@H]1Cc2ccccc2CN1C(=O)[C@H](C)N[C@@H](CCc1ccccc1)C(=O)OCC1OC(=O)OC1C. The highest BCUT2D eigenvalue weighted by atomic mass is 16.8. The van der Waals surface area contributed by atoms with Gasteiger partial charge in [0.05, 0.1) is 12.6 Å². The third-order valence-electron chi connectivity index (χ3n) is 8.66. The van der Waals surface area contributed by atoms with E-state index in [0.717, 1.165) is 36.0 Å². The van der Waals surface area contributed by atoms with Crippen molar-refractivity contribution in [2.24, 2.45) is 0 Å². The minimum Gasteiger partial charge on any atom is -0.464 e. The van der Waals surface area contributed by atoms with E-state index in [1.165, 1.54) is 19.3 Å². The molecule has 4 rings (SSSR count). The van der Waals surface area contributed by atoms with E-state index < -0.39 is 48.4 Å². The summed E-state index contributed by atoms with van der Waals surface area (Å²) in [5.74, 6) is -1.28. The topological polar surface area (TPSA) is 120 Å². The third kappa shape index (κ3) is 10.0. The van der Waals surface area contributed by atoms with Crippen LogP contribution in [0.2, 0.25) is 0 Å². The lowest BCUT2D eigenvalue weighted by Gasteiger charge is -2.37. The molecule has 0 spiro atoms. The minimum atomic E-state index is -0.831. The number of carbonyl (C=O) groups is 4. The quantitative estimate of drug-likeness (QED) is 0.140. The Hall–Kier alpha value is -3.92. The van der Waals surface area contributed by atoms with Gasteiger partial charge in [-0.2, -0.15) is 0 Å². The van der Waals surface area contributed by atoms with E-state index in [2.05, 4.69) is 12.2 Å². The molecular formula is C36H48N2O8. The summed E-state index contributed by atoms with van der Waals surface area (Å²) in [5, 5.41) is 3.18. The van der Waals surface area contributed by atoms with Crippen LogP contribution in [0.5, 0.6) is 0 Å². The first kappa shape index (κ1) is 34.9. The monoisotopic (exact) mass is 636 g/mol. The fourth-order valence-electron chi connectivity index (χ4n) is 5.87. The van der Waals surface area contributed by atoms with Crippen molar-refractivity contribution in [2.75, 3.05) is 13.2 Å². The van der Waals surface area contributed by atoms with Crippen LogP contribution in [0.3, 0.4) is 0 Å². The van der Waals surface area contributed by atoms with Gasteiger partial charge in [0, 0.05) is 13.0 Å². The number of cyclic esters (lactones) is 2. The van der Waals surface area contributed by atoms with E-state index in [1.54, 1.807) is 18.7 Å². The molecule has 10 heteroatoms. The molecule has 2 aromatic rings. The molecule has 2 aromatic carbocycles. The Kier molecular flexibility index (Phi) is 13.4.